The second-order valence-corrected chi connectivity index (χ2v) is 5.08. The third-order valence-electron chi connectivity index (χ3n) is 4.15. The van der Waals surface area contributed by atoms with E-state index >= 15 is 0 Å². The molecule has 0 N–H and O–H groups in total. The van der Waals surface area contributed by atoms with Crippen LogP contribution >= 0.6 is 0 Å². The van der Waals surface area contributed by atoms with E-state index in [-0.39, 0.29) is 5.91 Å². The van der Waals surface area contributed by atoms with Crippen LogP contribution in [-0.2, 0) is 12.8 Å². The van der Waals surface area contributed by atoms with Crippen molar-refractivity contribution in [2.24, 2.45) is 0 Å². The Morgan fingerprint density at radius 1 is 1.22 bits per heavy atom. The zero-order valence-corrected chi connectivity index (χ0v) is 11.2. The smallest absolute Gasteiger partial charge is 0.257 e. The van der Waals surface area contributed by atoms with Gasteiger partial charge in [-0.3, -0.25) is 9.36 Å². The van der Waals surface area contributed by atoms with E-state index in [0.29, 0.717) is 0 Å². The van der Waals surface area contributed by atoms with Crippen LogP contribution in [0.4, 0.5) is 0 Å². The van der Waals surface area contributed by atoms with Gasteiger partial charge in [-0.2, -0.15) is 0 Å². The maximum atomic E-state index is 12.2. The van der Waals surface area contributed by atoms with Gasteiger partial charge in [-0.1, -0.05) is 0 Å². The summed E-state index contributed by atoms with van der Waals surface area (Å²) in [6.45, 7) is 6.18. The van der Waals surface area contributed by atoms with E-state index in [1.54, 1.807) is 6.08 Å². The molecule has 0 atom stereocenters. The van der Waals surface area contributed by atoms with E-state index < -0.39 is 0 Å². The Hall–Kier alpha value is -1.51. The van der Waals surface area contributed by atoms with Crippen molar-refractivity contribution in [1.82, 2.24) is 9.47 Å². The minimum Gasteiger partial charge on any atom is -0.370 e. The summed E-state index contributed by atoms with van der Waals surface area (Å²) in [5, 5.41) is 0. The average Bonchev–Trinajstić information content (AvgIpc) is 2.90. The molecule has 3 heteroatoms. The summed E-state index contributed by atoms with van der Waals surface area (Å²) in [6.07, 6.45) is 6.46. The third-order valence-corrected chi connectivity index (χ3v) is 4.15. The Kier molecular flexibility index (Phi) is 2.77. The molecular formula is C15H20N2O. The number of fused-ring (bicyclic) bond motifs is 3. The summed E-state index contributed by atoms with van der Waals surface area (Å²) in [4.78, 5) is 14.5. The van der Waals surface area contributed by atoms with Crippen LogP contribution in [-0.4, -0.2) is 28.5 Å². The molecule has 3 nitrogen and oxygen atoms in total. The number of rotatable bonds is 3. The van der Waals surface area contributed by atoms with Crippen molar-refractivity contribution in [3.63, 3.8) is 0 Å². The molecule has 0 saturated carbocycles. The highest BCUT2D eigenvalue weighted by Crippen LogP contribution is 2.33. The van der Waals surface area contributed by atoms with Gasteiger partial charge in [0.1, 0.15) is 0 Å². The minimum absolute atomic E-state index is 0.148. The Balaban J connectivity index is 2.08. The Bertz CT molecular complexity index is 521. The first-order chi connectivity index (χ1) is 8.76. The fourth-order valence-corrected chi connectivity index (χ4v) is 3.21. The minimum atomic E-state index is 0.148. The molecule has 1 aliphatic carbocycles. The molecule has 2 aliphatic rings. The standard InChI is InChI=1S/C15H20N2O/c1-3-16(4-2)13-10-15(18)17-12-8-6-5-7-11(12)9-14(13)17/h9-10H,3-8H2,1-2H3. The van der Waals surface area contributed by atoms with Gasteiger partial charge < -0.3 is 4.90 Å². The molecule has 0 radical (unpaired) electrons. The van der Waals surface area contributed by atoms with Crippen LogP contribution in [0, 0.1) is 0 Å². The van der Waals surface area contributed by atoms with Crippen molar-refractivity contribution in [1.29, 1.82) is 0 Å². The molecule has 2 heterocycles. The second-order valence-electron chi connectivity index (χ2n) is 5.08. The highest BCUT2D eigenvalue weighted by Gasteiger charge is 2.29. The Morgan fingerprint density at radius 2 is 1.94 bits per heavy atom. The lowest BCUT2D eigenvalue weighted by molar-refractivity contribution is 0.0971. The topological polar surface area (TPSA) is 25.2 Å². The molecule has 1 aliphatic heterocycles. The fraction of sp³-hybridized carbons (Fsp3) is 0.533. The summed E-state index contributed by atoms with van der Waals surface area (Å²) in [7, 11) is 0. The zero-order chi connectivity index (χ0) is 12.7. The molecule has 0 fully saturated rings. The Morgan fingerprint density at radius 3 is 2.67 bits per heavy atom. The van der Waals surface area contributed by atoms with Crippen molar-refractivity contribution in [3.05, 3.63) is 29.1 Å². The quantitative estimate of drug-likeness (QED) is 0.817. The van der Waals surface area contributed by atoms with Gasteiger partial charge >= 0.3 is 0 Å². The summed E-state index contributed by atoms with van der Waals surface area (Å²) in [6, 6.07) is 2.24. The SMILES string of the molecule is CCN(CC)C1=CC(=O)n2c1cc1c2CCCC1. The van der Waals surface area contributed by atoms with E-state index in [1.807, 2.05) is 4.57 Å². The molecule has 0 bridgehead atoms. The highest BCUT2D eigenvalue weighted by molar-refractivity contribution is 6.03. The lowest BCUT2D eigenvalue weighted by Gasteiger charge is -2.21. The van der Waals surface area contributed by atoms with Crippen molar-refractivity contribution in [2.75, 3.05) is 13.1 Å². The summed E-state index contributed by atoms with van der Waals surface area (Å²) in [5.41, 5.74) is 4.89. The summed E-state index contributed by atoms with van der Waals surface area (Å²) >= 11 is 0. The van der Waals surface area contributed by atoms with E-state index in [0.717, 1.165) is 37.3 Å². The van der Waals surface area contributed by atoms with Gasteiger partial charge in [-0.05, 0) is 51.2 Å². The summed E-state index contributed by atoms with van der Waals surface area (Å²) < 4.78 is 1.95. The first kappa shape index (κ1) is 11.6. The van der Waals surface area contributed by atoms with E-state index in [4.69, 9.17) is 0 Å². The van der Waals surface area contributed by atoms with Crippen LogP contribution in [0.25, 0.3) is 5.70 Å². The van der Waals surface area contributed by atoms with E-state index in [1.165, 1.54) is 24.1 Å². The van der Waals surface area contributed by atoms with Gasteiger partial charge in [0.15, 0.2) is 0 Å². The normalized spacial score (nSPS) is 17.4. The number of hydrogen-bond donors (Lipinski definition) is 0. The van der Waals surface area contributed by atoms with Gasteiger partial charge in [-0.25, -0.2) is 0 Å². The number of hydrogen-bond acceptors (Lipinski definition) is 2. The first-order valence-electron chi connectivity index (χ1n) is 7.01. The predicted molar refractivity (Wildman–Crippen MR) is 72.6 cm³/mol. The number of carbonyl (C=O) groups is 1. The lowest BCUT2D eigenvalue weighted by atomic mass is 9.98. The van der Waals surface area contributed by atoms with Crippen LogP contribution in [0.5, 0.6) is 0 Å². The van der Waals surface area contributed by atoms with Crippen LogP contribution in [0.3, 0.4) is 0 Å². The highest BCUT2D eigenvalue weighted by atomic mass is 16.2. The molecular weight excluding hydrogens is 224 g/mol. The third kappa shape index (κ3) is 1.53. The maximum absolute atomic E-state index is 12.2. The second kappa shape index (κ2) is 4.30. The van der Waals surface area contributed by atoms with Crippen LogP contribution in [0.15, 0.2) is 12.1 Å². The average molecular weight is 244 g/mol. The lowest BCUT2D eigenvalue weighted by Crippen LogP contribution is -2.20. The molecule has 0 saturated heterocycles. The molecule has 18 heavy (non-hydrogen) atoms. The predicted octanol–water partition coefficient (Wildman–Crippen LogP) is 2.70. The largest absolute Gasteiger partial charge is 0.370 e. The monoisotopic (exact) mass is 244 g/mol. The summed E-state index contributed by atoms with van der Waals surface area (Å²) in [5.74, 6) is 0.148. The van der Waals surface area contributed by atoms with Gasteiger partial charge in [0.05, 0.1) is 11.4 Å². The van der Waals surface area contributed by atoms with Gasteiger partial charge in [0.25, 0.3) is 5.91 Å². The van der Waals surface area contributed by atoms with Gasteiger partial charge in [0, 0.05) is 24.9 Å². The van der Waals surface area contributed by atoms with Crippen molar-refractivity contribution < 1.29 is 4.79 Å². The number of allylic oxidation sites excluding steroid dienone is 1. The first-order valence-corrected chi connectivity index (χ1v) is 7.01. The number of aryl methyl sites for hydroxylation is 1. The Labute approximate surface area is 108 Å². The number of nitrogens with zero attached hydrogens (tertiary/aromatic N) is 2. The molecule has 96 valence electrons. The molecule has 1 aromatic heterocycles. The van der Waals surface area contributed by atoms with Gasteiger partial charge in [-0.15, -0.1) is 0 Å². The van der Waals surface area contributed by atoms with Crippen LogP contribution < -0.4 is 0 Å². The van der Waals surface area contributed by atoms with E-state index in [2.05, 4.69) is 24.8 Å². The molecule has 0 amide bonds. The molecule has 0 spiro atoms. The maximum Gasteiger partial charge on any atom is 0.257 e. The fourth-order valence-electron chi connectivity index (χ4n) is 3.21. The number of carbonyl (C=O) groups excluding carboxylic acids is 1. The van der Waals surface area contributed by atoms with Gasteiger partial charge in [0.2, 0.25) is 0 Å². The van der Waals surface area contributed by atoms with Crippen LogP contribution in [0.2, 0.25) is 0 Å². The zero-order valence-electron chi connectivity index (χ0n) is 11.2. The number of aromatic nitrogens is 1. The molecule has 1 aromatic rings. The molecule has 0 aromatic carbocycles. The van der Waals surface area contributed by atoms with Crippen molar-refractivity contribution in [2.45, 2.75) is 39.5 Å². The van der Waals surface area contributed by atoms with E-state index in [9.17, 15) is 4.79 Å². The van der Waals surface area contributed by atoms with Crippen LogP contribution in [0.1, 0.15) is 48.4 Å². The molecule has 0 unspecified atom stereocenters. The molecule has 3 rings (SSSR count). The van der Waals surface area contributed by atoms with Crippen molar-refractivity contribution >= 4 is 11.6 Å². The van der Waals surface area contributed by atoms with Crippen molar-refractivity contribution in [3.8, 4) is 0 Å².